The Kier molecular flexibility index (Phi) is 7.04. The van der Waals surface area contributed by atoms with Crippen molar-refractivity contribution >= 4 is 5.96 Å². The number of rotatable bonds is 6. The molecule has 2 aromatic rings. The lowest BCUT2D eigenvalue weighted by molar-refractivity contribution is 0.0513. The number of hydrogen-bond acceptors (Lipinski definition) is 2. The first kappa shape index (κ1) is 20.3. The quantitative estimate of drug-likeness (QED) is 0.588. The zero-order valence-electron chi connectivity index (χ0n) is 16.7. The highest BCUT2D eigenvalue weighted by atomic mass is 19.1. The fourth-order valence-electron chi connectivity index (χ4n) is 3.77. The highest BCUT2D eigenvalue weighted by molar-refractivity contribution is 5.79. The molecule has 0 aromatic heterocycles. The van der Waals surface area contributed by atoms with E-state index in [1.165, 1.54) is 11.6 Å². The van der Waals surface area contributed by atoms with E-state index in [-0.39, 0.29) is 11.2 Å². The molecule has 2 N–H and O–H groups in total. The van der Waals surface area contributed by atoms with Gasteiger partial charge in [-0.05, 0) is 42.0 Å². The molecule has 1 unspecified atom stereocenters. The molecule has 0 amide bonds. The summed E-state index contributed by atoms with van der Waals surface area (Å²) in [5.74, 6) is 0.952. The third kappa shape index (κ3) is 5.10. The molecular formula is C23H30FN3O. The maximum atomic E-state index is 13.8. The average Bonchev–Trinajstić information content (AvgIpc) is 2.75. The topological polar surface area (TPSA) is 45.7 Å². The van der Waals surface area contributed by atoms with E-state index in [2.05, 4.69) is 46.8 Å². The van der Waals surface area contributed by atoms with E-state index in [1.54, 1.807) is 19.2 Å². The lowest BCUT2D eigenvalue weighted by Gasteiger charge is -2.38. The number of hydrogen-bond donors (Lipinski definition) is 2. The van der Waals surface area contributed by atoms with Crippen LogP contribution in [0.4, 0.5) is 4.39 Å². The second kappa shape index (κ2) is 9.69. The Bertz CT molecular complexity index is 772. The maximum absolute atomic E-state index is 13.8. The summed E-state index contributed by atoms with van der Waals surface area (Å²) in [6.07, 6.45) is 1.72. The standard InChI is InChI=1S/C23H30FN3O/c1-18(19-7-4-3-5-8-19)16-26-22(25-2)27-17-23(11-13-28-14-12-23)20-9-6-10-21(24)15-20/h3-10,15,18H,11-14,16-17H2,1-2H3,(H2,25,26,27). The Morgan fingerprint density at radius 1 is 1.11 bits per heavy atom. The van der Waals surface area contributed by atoms with E-state index in [9.17, 15) is 4.39 Å². The molecule has 0 saturated carbocycles. The zero-order valence-corrected chi connectivity index (χ0v) is 16.7. The molecule has 4 nitrogen and oxygen atoms in total. The lowest BCUT2D eigenvalue weighted by Crippen LogP contribution is -2.48. The van der Waals surface area contributed by atoms with Gasteiger partial charge in [-0.15, -0.1) is 0 Å². The van der Waals surface area contributed by atoms with Gasteiger partial charge in [-0.2, -0.15) is 0 Å². The van der Waals surface area contributed by atoms with Crippen LogP contribution < -0.4 is 10.6 Å². The van der Waals surface area contributed by atoms with Crippen LogP contribution in [0.5, 0.6) is 0 Å². The largest absolute Gasteiger partial charge is 0.381 e. The number of benzene rings is 2. The van der Waals surface area contributed by atoms with Crippen LogP contribution in [0.2, 0.25) is 0 Å². The van der Waals surface area contributed by atoms with Crippen LogP contribution in [0.25, 0.3) is 0 Å². The van der Waals surface area contributed by atoms with Crippen LogP contribution in [0.3, 0.4) is 0 Å². The number of aliphatic imine (C=N–C) groups is 1. The smallest absolute Gasteiger partial charge is 0.191 e. The van der Waals surface area contributed by atoms with Crippen LogP contribution in [-0.2, 0) is 10.2 Å². The van der Waals surface area contributed by atoms with Gasteiger partial charge in [0.2, 0.25) is 0 Å². The van der Waals surface area contributed by atoms with Crippen LogP contribution in [0, 0.1) is 5.82 Å². The van der Waals surface area contributed by atoms with Crippen molar-refractivity contribution in [3.8, 4) is 0 Å². The SMILES string of the molecule is CN=C(NCC(C)c1ccccc1)NCC1(c2cccc(F)c2)CCOCC1. The molecule has 1 aliphatic rings. The molecule has 1 saturated heterocycles. The predicted molar refractivity (Wildman–Crippen MR) is 112 cm³/mol. The van der Waals surface area contributed by atoms with Gasteiger partial charge in [-0.25, -0.2) is 4.39 Å². The van der Waals surface area contributed by atoms with Crippen LogP contribution in [-0.4, -0.2) is 39.3 Å². The fraction of sp³-hybridized carbons (Fsp3) is 0.435. The monoisotopic (exact) mass is 383 g/mol. The summed E-state index contributed by atoms with van der Waals surface area (Å²) in [5, 5.41) is 6.89. The molecule has 1 fully saturated rings. The van der Waals surface area contributed by atoms with Crippen molar-refractivity contribution in [1.82, 2.24) is 10.6 Å². The molecular weight excluding hydrogens is 353 g/mol. The van der Waals surface area contributed by atoms with Crippen LogP contribution >= 0.6 is 0 Å². The van der Waals surface area contributed by atoms with Gasteiger partial charge in [-0.1, -0.05) is 49.4 Å². The normalized spacial score (nSPS) is 17.8. The number of nitrogens with zero attached hydrogens (tertiary/aromatic N) is 1. The number of halogens is 1. The van der Waals surface area contributed by atoms with Crippen molar-refractivity contribution in [2.75, 3.05) is 33.4 Å². The highest BCUT2D eigenvalue weighted by Gasteiger charge is 2.35. The predicted octanol–water partition coefficient (Wildman–Crippen LogP) is 3.84. The van der Waals surface area contributed by atoms with E-state index in [4.69, 9.17) is 4.74 Å². The summed E-state index contributed by atoms with van der Waals surface area (Å²) in [4.78, 5) is 4.37. The molecule has 3 rings (SSSR count). The summed E-state index contributed by atoms with van der Waals surface area (Å²) in [6.45, 7) is 5.06. The Labute approximate surface area is 167 Å². The summed E-state index contributed by atoms with van der Waals surface area (Å²) < 4.78 is 19.4. The lowest BCUT2D eigenvalue weighted by atomic mass is 9.74. The molecule has 28 heavy (non-hydrogen) atoms. The minimum atomic E-state index is -0.192. The Hall–Kier alpha value is -2.40. The van der Waals surface area contributed by atoms with E-state index in [1.807, 2.05) is 12.1 Å². The summed E-state index contributed by atoms with van der Waals surface area (Å²) in [5.41, 5.74) is 2.17. The number of nitrogens with one attached hydrogen (secondary N) is 2. The first-order chi connectivity index (χ1) is 13.6. The summed E-state index contributed by atoms with van der Waals surface area (Å²) in [7, 11) is 1.78. The first-order valence-electron chi connectivity index (χ1n) is 9.96. The maximum Gasteiger partial charge on any atom is 0.191 e. The van der Waals surface area contributed by atoms with E-state index in [0.29, 0.717) is 25.7 Å². The first-order valence-corrected chi connectivity index (χ1v) is 9.96. The molecule has 0 spiro atoms. The van der Waals surface area contributed by atoms with Gasteiger partial charge in [0, 0.05) is 38.8 Å². The van der Waals surface area contributed by atoms with Gasteiger partial charge in [0.05, 0.1) is 0 Å². The van der Waals surface area contributed by atoms with E-state index in [0.717, 1.165) is 30.9 Å². The molecule has 0 bridgehead atoms. The third-order valence-corrected chi connectivity index (χ3v) is 5.65. The molecule has 1 aliphatic heterocycles. The van der Waals surface area contributed by atoms with Crippen LogP contribution in [0.15, 0.2) is 59.6 Å². The third-order valence-electron chi connectivity index (χ3n) is 5.65. The van der Waals surface area contributed by atoms with Gasteiger partial charge in [-0.3, -0.25) is 4.99 Å². The molecule has 0 radical (unpaired) electrons. The number of guanidine groups is 1. The van der Waals surface area contributed by atoms with Crippen molar-refractivity contribution in [3.05, 3.63) is 71.5 Å². The van der Waals surface area contributed by atoms with Crippen molar-refractivity contribution in [1.29, 1.82) is 0 Å². The Morgan fingerprint density at radius 2 is 1.86 bits per heavy atom. The molecule has 1 heterocycles. The molecule has 150 valence electrons. The summed E-state index contributed by atoms with van der Waals surface area (Å²) >= 11 is 0. The van der Waals surface area contributed by atoms with Gasteiger partial charge >= 0.3 is 0 Å². The van der Waals surface area contributed by atoms with E-state index >= 15 is 0 Å². The van der Waals surface area contributed by atoms with Crippen molar-refractivity contribution < 1.29 is 9.13 Å². The highest BCUT2D eigenvalue weighted by Crippen LogP contribution is 2.34. The van der Waals surface area contributed by atoms with Crippen LogP contribution in [0.1, 0.15) is 36.8 Å². The van der Waals surface area contributed by atoms with Crippen molar-refractivity contribution in [2.45, 2.75) is 31.1 Å². The average molecular weight is 384 g/mol. The molecule has 0 aliphatic carbocycles. The van der Waals surface area contributed by atoms with Gasteiger partial charge in [0.15, 0.2) is 5.96 Å². The summed E-state index contributed by atoms with van der Waals surface area (Å²) in [6, 6.07) is 17.4. The minimum absolute atomic E-state index is 0.150. The fourth-order valence-corrected chi connectivity index (χ4v) is 3.77. The van der Waals surface area contributed by atoms with Gasteiger partial charge in [0.1, 0.15) is 5.82 Å². The number of ether oxygens (including phenoxy) is 1. The minimum Gasteiger partial charge on any atom is -0.381 e. The Morgan fingerprint density at radius 3 is 2.54 bits per heavy atom. The second-order valence-electron chi connectivity index (χ2n) is 7.52. The Balaban J connectivity index is 1.63. The van der Waals surface area contributed by atoms with Gasteiger partial charge < -0.3 is 15.4 Å². The molecule has 2 aromatic carbocycles. The second-order valence-corrected chi connectivity index (χ2v) is 7.52. The molecule has 5 heteroatoms. The zero-order chi connectivity index (χ0) is 19.8. The van der Waals surface area contributed by atoms with Gasteiger partial charge in [0.25, 0.3) is 0 Å². The van der Waals surface area contributed by atoms with Crippen molar-refractivity contribution in [3.63, 3.8) is 0 Å². The van der Waals surface area contributed by atoms with E-state index < -0.39 is 0 Å². The van der Waals surface area contributed by atoms with Crippen molar-refractivity contribution in [2.24, 2.45) is 4.99 Å². The molecule has 1 atom stereocenters.